The van der Waals surface area contributed by atoms with Gasteiger partial charge in [0.2, 0.25) is 0 Å². The Balaban J connectivity index is 1.82. The van der Waals surface area contributed by atoms with Crippen LogP contribution in [0, 0.1) is 0 Å². The van der Waals surface area contributed by atoms with Crippen molar-refractivity contribution < 1.29 is 0 Å². The monoisotopic (exact) mass is 268 g/mol. The molecule has 0 bridgehead atoms. The maximum atomic E-state index is 5.93. The average molecular weight is 269 g/mol. The number of hydrogen-bond acceptors (Lipinski definition) is 4. The largest absolute Gasteiger partial charge is 0.353 e. The Bertz CT molecular complexity index is 501. The Hall–Kier alpha value is -1.04. The second-order valence-corrected chi connectivity index (χ2v) is 5.56. The quantitative estimate of drug-likeness (QED) is 0.878. The van der Waals surface area contributed by atoms with Gasteiger partial charge in [0.05, 0.1) is 10.0 Å². The SMILES string of the molecule is Clc1cc(-c2cc(N3CCNCC3)n[nH]2)cs1. The summed E-state index contributed by atoms with van der Waals surface area (Å²) in [4.78, 5) is 2.28. The number of H-pyrrole nitrogens is 1. The molecule has 17 heavy (non-hydrogen) atoms. The summed E-state index contributed by atoms with van der Waals surface area (Å²) in [5, 5.41) is 12.8. The molecule has 0 radical (unpaired) electrons. The van der Waals surface area contributed by atoms with Gasteiger partial charge in [0.25, 0.3) is 0 Å². The summed E-state index contributed by atoms with van der Waals surface area (Å²) in [6.07, 6.45) is 0. The molecule has 2 aromatic rings. The number of anilines is 1. The molecule has 0 aromatic carbocycles. The third-order valence-electron chi connectivity index (χ3n) is 2.88. The Morgan fingerprint density at radius 2 is 2.12 bits per heavy atom. The minimum absolute atomic E-state index is 0.804. The van der Waals surface area contributed by atoms with Crippen LogP contribution in [-0.4, -0.2) is 36.4 Å². The van der Waals surface area contributed by atoms with Crippen LogP contribution < -0.4 is 10.2 Å². The van der Waals surface area contributed by atoms with Crippen LogP contribution in [0.15, 0.2) is 17.5 Å². The molecule has 1 fully saturated rings. The Labute approximate surface area is 109 Å². The lowest BCUT2D eigenvalue weighted by Gasteiger charge is -2.26. The molecule has 1 saturated heterocycles. The lowest BCUT2D eigenvalue weighted by atomic mass is 10.2. The molecular formula is C11H13ClN4S. The number of thiophene rings is 1. The summed E-state index contributed by atoms with van der Waals surface area (Å²) in [6, 6.07) is 4.05. The molecule has 3 rings (SSSR count). The molecule has 0 aliphatic carbocycles. The minimum atomic E-state index is 0.804. The molecule has 2 N–H and O–H groups in total. The van der Waals surface area contributed by atoms with Crippen LogP contribution in [0.25, 0.3) is 11.3 Å². The minimum Gasteiger partial charge on any atom is -0.353 e. The number of nitrogens with zero attached hydrogens (tertiary/aromatic N) is 2. The van der Waals surface area contributed by atoms with Crippen LogP contribution in [-0.2, 0) is 0 Å². The molecule has 1 aliphatic rings. The van der Waals surface area contributed by atoms with Crippen molar-refractivity contribution in [2.45, 2.75) is 0 Å². The summed E-state index contributed by atoms with van der Waals surface area (Å²) in [5.74, 6) is 1.02. The smallest absolute Gasteiger partial charge is 0.151 e. The molecule has 90 valence electrons. The first kappa shape index (κ1) is 11.1. The van der Waals surface area contributed by atoms with Crippen molar-refractivity contribution in [2.75, 3.05) is 31.1 Å². The third kappa shape index (κ3) is 2.31. The van der Waals surface area contributed by atoms with Crippen molar-refractivity contribution in [1.29, 1.82) is 0 Å². The second kappa shape index (κ2) is 4.68. The van der Waals surface area contributed by atoms with Crippen LogP contribution in [0.2, 0.25) is 4.34 Å². The number of halogens is 1. The number of aromatic amines is 1. The second-order valence-electron chi connectivity index (χ2n) is 4.02. The summed E-state index contributed by atoms with van der Waals surface area (Å²) < 4.78 is 0.804. The summed E-state index contributed by atoms with van der Waals surface area (Å²) in [7, 11) is 0. The van der Waals surface area contributed by atoms with Crippen LogP contribution in [0.3, 0.4) is 0 Å². The summed E-state index contributed by atoms with van der Waals surface area (Å²) in [6.45, 7) is 4.06. The van der Waals surface area contributed by atoms with Gasteiger partial charge in [0.1, 0.15) is 0 Å². The predicted octanol–water partition coefficient (Wildman–Crippen LogP) is 2.20. The van der Waals surface area contributed by atoms with Gasteiger partial charge in [-0.05, 0) is 6.07 Å². The van der Waals surface area contributed by atoms with Gasteiger partial charge in [-0.1, -0.05) is 11.6 Å². The lowest BCUT2D eigenvalue weighted by molar-refractivity contribution is 0.584. The van der Waals surface area contributed by atoms with Gasteiger partial charge in [0, 0.05) is 43.2 Å². The third-order valence-corrected chi connectivity index (χ3v) is 3.97. The van der Waals surface area contributed by atoms with E-state index in [0.717, 1.165) is 47.6 Å². The highest BCUT2D eigenvalue weighted by atomic mass is 35.5. The van der Waals surface area contributed by atoms with Gasteiger partial charge in [-0.25, -0.2) is 0 Å². The van der Waals surface area contributed by atoms with Crippen LogP contribution >= 0.6 is 22.9 Å². The Kier molecular flexibility index (Phi) is 3.05. The molecule has 0 saturated carbocycles. The number of hydrogen-bond donors (Lipinski definition) is 2. The zero-order valence-electron chi connectivity index (χ0n) is 9.24. The summed E-state index contributed by atoms with van der Waals surface area (Å²) >= 11 is 7.47. The van der Waals surface area contributed by atoms with Crippen LogP contribution in [0.4, 0.5) is 5.82 Å². The standard InChI is InChI=1S/C11H13ClN4S/c12-10-5-8(7-17-10)9-6-11(15-14-9)16-3-1-13-2-4-16/h5-7,13H,1-4H2,(H,14,15). The van der Waals surface area contributed by atoms with E-state index in [1.54, 1.807) is 0 Å². The predicted molar refractivity (Wildman–Crippen MR) is 72.0 cm³/mol. The maximum absolute atomic E-state index is 5.93. The highest BCUT2D eigenvalue weighted by molar-refractivity contribution is 7.14. The molecule has 4 nitrogen and oxygen atoms in total. The number of rotatable bonds is 2. The first-order valence-corrected chi connectivity index (χ1v) is 6.84. The van der Waals surface area contributed by atoms with Crippen LogP contribution in [0.5, 0.6) is 0 Å². The van der Waals surface area contributed by atoms with E-state index in [9.17, 15) is 0 Å². The van der Waals surface area contributed by atoms with Crippen molar-refractivity contribution in [2.24, 2.45) is 0 Å². The number of aromatic nitrogens is 2. The first-order chi connectivity index (χ1) is 8.33. The van der Waals surface area contributed by atoms with Gasteiger partial charge < -0.3 is 10.2 Å². The molecule has 0 spiro atoms. The molecule has 0 unspecified atom stereocenters. The van der Waals surface area contributed by atoms with E-state index in [1.807, 2.05) is 11.4 Å². The van der Waals surface area contributed by atoms with Gasteiger partial charge >= 0.3 is 0 Å². The van der Waals surface area contributed by atoms with Gasteiger partial charge in [0.15, 0.2) is 5.82 Å². The molecule has 3 heterocycles. The highest BCUT2D eigenvalue weighted by Crippen LogP contribution is 2.29. The highest BCUT2D eigenvalue weighted by Gasteiger charge is 2.14. The number of nitrogens with one attached hydrogen (secondary N) is 2. The fourth-order valence-corrected chi connectivity index (χ4v) is 2.85. The van der Waals surface area contributed by atoms with Crippen molar-refractivity contribution in [1.82, 2.24) is 15.5 Å². The summed E-state index contributed by atoms with van der Waals surface area (Å²) in [5.41, 5.74) is 2.13. The van der Waals surface area contributed by atoms with E-state index in [-0.39, 0.29) is 0 Å². The number of piperazine rings is 1. The van der Waals surface area contributed by atoms with Crippen molar-refractivity contribution in [3.63, 3.8) is 0 Å². The van der Waals surface area contributed by atoms with Gasteiger partial charge in [-0.2, -0.15) is 5.10 Å². The van der Waals surface area contributed by atoms with Crippen molar-refractivity contribution >= 4 is 28.8 Å². The Morgan fingerprint density at radius 3 is 2.82 bits per heavy atom. The van der Waals surface area contributed by atoms with Gasteiger partial charge in [-0.15, -0.1) is 11.3 Å². The molecule has 0 amide bonds. The molecule has 0 atom stereocenters. The Morgan fingerprint density at radius 1 is 1.29 bits per heavy atom. The zero-order chi connectivity index (χ0) is 11.7. The van der Waals surface area contributed by atoms with Crippen molar-refractivity contribution in [3.8, 4) is 11.3 Å². The first-order valence-electron chi connectivity index (χ1n) is 5.58. The maximum Gasteiger partial charge on any atom is 0.151 e. The fraction of sp³-hybridized carbons (Fsp3) is 0.364. The van der Waals surface area contributed by atoms with E-state index in [0.29, 0.717) is 0 Å². The van der Waals surface area contributed by atoms with E-state index >= 15 is 0 Å². The van der Waals surface area contributed by atoms with E-state index in [4.69, 9.17) is 11.6 Å². The van der Waals surface area contributed by atoms with E-state index in [1.165, 1.54) is 11.3 Å². The van der Waals surface area contributed by atoms with E-state index < -0.39 is 0 Å². The van der Waals surface area contributed by atoms with E-state index in [2.05, 4.69) is 26.5 Å². The zero-order valence-corrected chi connectivity index (χ0v) is 10.8. The molecule has 6 heteroatoms. The lowest BCUT2D eigenvalue weighted by Crippen LogP contribution is -2.43. The molecular weight excluding hydrogens is 256 g/mol. The normalized spacial score (nSPS) is 16.4. The topological polar surface area (TPSA) is 44.0 Å². The molecule has 1 aliphatic heterocycles. The average Bonchev–Trinajstić information content (AvgIpc) is 2.98. The van der Waals surface area contributed by atoms with Crippen LogP contribution in [0.1, 0.15) is 0 Å². The van der Waals surface area contributed by atoms with Gasteiger partial charge in [-0.3, -0.25) is 5.10 Å². The molecule has 2 aromatic heterocycles. The van der Waals surface area contributed by atoms with Crippen molar-refractivity contribution in [3.05, 3.63) is 21.8 Å². The fourth-order valence-electron chi connectivity index (χ4n) is 1.97.